The van der Waals surface area contributed by atoms with Gasteiger partial charge in [0, 0.05) is 30.2 Å². The summed E-state index contributed by atoms with van der Waals surface area (Å²) in [6.45, 7) is 0.234. The topological polar surface area (TPSA) is 79.1 Å². The minimum absolute atomic E-state index is 0.234. The van der Waals surface area contributed by atoms with Crippen molar-refractivity contribution in [1.82, 2.24) is 19.7 Å². The zero-order chi connectivity index (χ0) is 16.1. The summed E-state index contributed by atoms with van der Waals surface area (Å²) in [6.07, 6.45) is 7.34. The maximum absolute atomic E-state index is 11.2. The zero-order valence-electron chi connectivity index (χ0n) is 12.4. The molecule has 0 atom stereocenters. The second-order valence-electron chi connectivity index (χ2n) is 4.61. The minimum Gasteiger partial charge on any atom is -0.486 e. The number of pyridine rings is 2. The maximum Gasteiger partial charge on any atom is 0.213 e. The number of hydrogen-bond donors (Lipinski definition) is 0. The van der Waals surface area contributed by atoms with E-state index in [0.29, 0.717) is 29.3 Å². The lowest BCUT2D eigenvalue weighted by Crippen LogP contribution is -2.07. The van der Waals surface area contributed by atoms with E-state index in [-0.39, 0.29) is 6.61 Å². The Morgan fingerprint density at radius 2 is 2.17 bits per heavy atom. The number of carbonyl (C=O) groups is 1. The second kappa shape index (κ2) is 6.69. The van der Waals surface area contributed by atoms with Gasteiger partial charge in [0.25, 0.3) is 0 Å². The molecule has 3 heterocycles. The molecular formula is C16H14N4O3. The maximum atomic E-state index is 11.2. The van der Waals surface area contributed by atoms with Crippen LogP contribution < -0.4 is 9.47 Å². The van der Waals surface area contributed by atoms with Gasteiger partial charge in [-0.25, -0.2) is 14.6 Å². The monoisotopic (exact) mass is 310 g/mol. The quantitative estimate of drug-likeness (QED) is 0.648. The fourth-order valence-electron chi connectivity index (χ4n) is 2.06. The second-order valence-corrected chi connectivity index (χ2v) is 4.61. The van der Waals surface area contributed by atoms with Gasteiger partial charge in [0.05, 0.1) is 18.9 Å². The fraction of sp³-hybridized carbons (Fsp3) is 0.125. The highest BCUT2D eigenvalue weighted by molar-refractivity contribution is 5.79. The van der Waals surface area contributed by atoms with Crippen molar-refractivity contribution in [2.24, 2.45) is 0 Å². The van der Waals surface area contributed by atoms with Gasteiger partial charge in [-0.2, -0.15) is 5.10 Å². The molecule has 7 heteroatoms. The summed E-state index contributed by atoms with van der Waals surface area (Å²) in [6, 6.07) is 7.05. The van der Waals surface area contributed by atoms with Gasteiger partial charge in [0.15, 0.2) is 12.1 Å². The van der Waals surface area contributed by atoms with E-state index in [4.69, 9.17) is 9.47 Å². The van der Waals surface area contributed by atoms with E-state index in [2.05, 4.69) is 15.1 Å². The number of aldehydes is 1. The fourth-order valence-corrected chi connectivity index (χ4v) is 2.06. The summed E-state index contributed by atoms with van der Waals surface area (Å²) in [5.74, 6) is 1.42. The van der Waals surface area contributed by atoms with Gasteiger partial charge in [-0.05, 0) is 12.1 Å². The van der Waals surface area contributed by atoms with Crippen molar-refractivity contribution in [2.45, 2.75) is 6.61 Å². The molecule has 0 N–H and O–H groups in total. The van der Waals surface area contributed by atoms with E-state index in [0.717, 1.165) is 5.56 Å². The van der Waals surface area contributed by atoms with E-state index in [9.17, 15) is 4.79 Å². The summed E-state index contributed by atoms with van der Waals surface area (Å²) < 4.78 is 12.4. The van der Waals surface area contributed by atoms with Crippen LogP contribution in [0.1, 0.15) is 15.9 Å². The Morgan fingerprint density at radius 1 is 1.26 bits per heavy atom. The highest BCUT2D eigenvalue weighted by atomic mass is 16.5. The number of rotatable bonds is 6. The van der Waals surface area contributed by atoms with Gasteiger partial charge in [0.2, 0.25) is 5.88 Å². The Balaban J connectivity index is 1.83. The molecule has 0 aromatic carbocycles. The Labute approximate surface area is 132 Å². The van der Waals surface area contributed by atoms with Crippen molar-refractivity contribution in [3.05, 3.63) is 60.2 Å². The van der Waals surface area contributed by atoms with E-state index >= 15 is 0 Å². The lowest BCUT2D eigenvalue weighted by Gasteiger charge is -2.11. The summed E-state index contributed by atoms with van der Waals surface area (Å²) >= 11 is 0. The molecule has 0 fully saturated rings. The van der Waals surface area contributed by atoms with Crippen LogP contribution in [0.5, 0.6) is 11.6 Å². The average Bonchev–Trinajstić information content (AvgIpc) is 3.14. The molecular weight excluding hydrogens is 296 g/mol. The Kier molecular flexibility index (Phi) is 4.28. The molecule has 0 saturated carbocycles. The van der Waals surface area contributed by atoms with Gasteiger partial charge in [-0.3, -0.25) is 4.79 Å². The Morgan fingerprint density at radius 3 is 2.91 bits per heavy atom. The Bertz CT molecular complexity index is 803. The molecule has 0 saturated heterocycles. The van der Waals surface area contributed by atoms with Crippen LogP contribution in [0.2, 0.25) is 0 Å². The SMILES string of the molecule is COc1cc(C=O)c(OCc2cccnc2-n2cccn2)cn1. The van der Waals surface area contributed by atoms with Gasteiger partial charge in [-0.15, -0.1) is 0 Å². The minimum atomic E-state index is 0.234. The van der Waals surface area contributed by atoms with Gasteiger partial charge < -0.3 is 9.47 Å². The van der Waals surface area contributed by atoms with Crippen molar-refractivity contribution in [1.29, 1.82) is 0 Å². The van der Waals surface area contributed by atoms with Crippen molar-refractivity contribution in [3.63, 3.8) is 0 Å². The number of ether oxygens (including phenoxy) is 2. The molecule has 3 aromatic rings. The van der Waals surface area contributed by atoms with Crippen LogP contribution >= 0.6 is 0 Å². The number of hydrogen-bond acceptors (Lipinski definition) is 6. The molecule has 0 radical (unpaired) electrons. The molecule has 0 unspecified atom stereocenters. The van der Waals surface area contributed by atoms with E-state index in [1.165, 1.54) is 19.4 Å². The van der Waals surface area contributed by atoms with Crippen LogP contribution in [0.4, 0.5) is 0 Å². The average molecular weight is 310 g/mol. The van der Waals surface area contributed by atoms with Gasteiger partial charge in [0.1, 0.15) is 12.4 Å². The lowest BCUT2D eigenvalue weighted by atomic mass is 10.2. The first-order valence-electron chi connectivity index (χ1n) is 6.87. The molecule has 0 amide bonds. The normalized spacial score (nSPS) is 10.3. The molecule has 0 aliphatic carbocycles. The standard InChI is InChI=1S/C16H14N4O3/c1-22-15-8-13(10-21)14(9-18-15)23-11-12-4-2-5-17-16(12)20-7-3-6-19-20/h2-10H,11H2,1H3. The summed E-state index contributed by atoms with van der Waals surface area (Å²) in [5.41, 5.74) is 1.21. The summed E-state index contributed by atoms with van der Waals surface area (Å²) in [7, 11) is 1.49. The van der Waals surface area contributed by atoms with Crippen LogP contribution in [0, 0.1) is 0 Å². The number of methoxy groups -OCH3 is 1. The first-order valence-corrected chi connectivity index (χ1v) is 6.87. The van der Waals surface area contributed by atoms with E-state index in [1.807, 2.05) is 18.2 Å². The molecule has 0 spiro atoms. The molecule has 23 heavy (non-hydrogen) atoms. The first kappa shape index (κ1) is 14.7. The van der Waals surface area contributed by atoms with Crippen molar-refractivity contribution in [3.8, 4) is 17.4 Å². The lowest BCUT2D eigenvalue weighted by molar-refractivity contribution is 0.111. The molecule has 116 valence electrons. The van der Waals surface area contributed by atoms with E-state index in [1.54, 1.807) is 23.3 Å². The number of aromatic nitrogens is 4. The summed E-state index contributed by atoms with van der Waals surface area (Å²) in [4.78, 5) is 19.5. The van der Waals surface area contributed by atoms with Crippen molar-refractivity contribution < 1.29 is 14.3 Å². The predicted octanol–water partition coefficient (Wildman–Crippen LogP) is 2.06. The zero-order valence-corrected chi connectivity index (χ0v) is 12.4. The molecule has 0 bridgehead atoms. The highest BCUT2D eigenvalue weighted by Crippen LogP contribution is 2.21. The third-order valence-electron chi connectivity index (χ3n) is 3.18. The van der Waals surface area contributed by atoms with Crippen LogP contribution in [0.3, 0.4) is 0 Å². The smallest absolute Gasteiger partial charge is 0.213 e. The number of nitrogens with zero attached hydrogens (tertiary/aromatic N) is 4. The third-order valence-corrected chi connectivity index (χ3v) is 3.18. The molecule has 3 aromatic heterocycles. The third kappa shape index (κ3) is 3.18. The largest absolute Gasteiger partial charge is 0.486 e. The van der Waals surface area contributed by atoms with Gasteiger partial charge in [-0.1, -0.05) is 6.07 Å². The van der Waals surface area contributed by atoms with Crippen LogP contribution in [0.15, 0.2) is 49.1 Å². The molecule has 7 nitrogen and oxygen atoms in total. The van der Waals surface area contributed by atoms with Gasteiger partial charge >= 0.3 is 0 Å². The summed E-state index contributed by atoms with van der Waals surface area (Å²) in [5, 5.41) is 4.17. The van der Waals surface area contributed by atoms with Crippen LogP contribution in [-0.2, 0) is 6.61 Å². The van der Waals surface area contributed by atoms with Crippen LogP contribution in [-0.4, -0.2) is 33.1 Å². The molecule has 0 aliphatic rings. The first-order chi connectivity index (χ1) is 11.3. The molecule has 0 aliphatic heterocycles. The van der Waals surface area contributed by atoms with Crippen molar-refractivity contribution in [2.75, 3.05) is 7.11 Å². The van der Waals surface area contributed by atoms with E-state index < -0.39 is 0 Å². The molecule has 3 rings (SSSR count). The van der Waals surface area contributed by atoms with Crippen LogP contribution in [0.25, 0.3) is 5.82 Å². The number of carbonyl (C=O) groups excluding carboxylic acids is 1. The highest BCUT2D eigenvalue weighted by Gasteiger charge is 2.10. The predicted molar refractivity (Wildman–Crippen MR) is 81.9 cm³/mol. The Hall–Kier alpha value is -3.22. The van der Waals surface area contributed by atoms with Crippen molar-refractivity contribution >= 4 is 6.29 Å².